The summed E-state index contributed by atoms with van der Waals surface area (Å²) in [4.78, 5) is 16.2. The highest BCUT2D eigenvalue weighted by molar-refractivity contribution is 5.76. The number of aromatic nitrogens is 1. The zero-order chi connectivity index (χ0) is 13.7. The Hall–Kier alpha value is -1.33. The number of aryl methyl sites for hydroxylation is 1. The van der Waals surface area contributed by atoms with Gasteiger partial charge in [0.15, 0.2) is 0 Å². The number of carbonyl (C=O) groups excluding carboxylic acids is 1. The molecular weight excluding hydrogens is 240 g/mol. The zero-order valence-electron chi connectivity index (χ0n) is 11.7. The van der Waals surface area contributed by atoms with E-state index >= 15 is 0 Å². The van der Waals surface area contributed by atoms with Crippen molar-refractivity contribution in [2.24, 2.45) is 12.8 Å². The molecule has 2 heterocycles. The van der Waals surface area contributed by atoms with Crippen molar-refractivity contribution >= 4 is 5.91 Å². The lowest BCUT2D eigenvalue weighted by Gasteiger charge is -2.21. The molecule has 0 aliphatic carbocycles. The highest BCUT2D eigenvalue weighted by Crippen LogP contribution is 2.10. The van der Waals surface area contributed by atoms with Crippen molar-refractivity contribution in [2.75, 3.05) is 32.7 Å². The summed E-state index contributed by atoms with van der Waals surface area (Å²) in [5.74, 6) is 0.198. The fourth-order valence-corrected chi connectivity index (χ4v) is 2.57. The van der Waals surface area contributed by atoms with Gasteiger partial charge in [0, 0.05) is 65.1 Å². The molecule has 0 saturated carbocycles. The third kappa shape index (κ3) is 4.08. The van der Waals surface area contributed by atoms with E-state index in [9.17, 15) is 4.79 Å². The van der Waals surface area contributed by atoms with Crippen LogP contribution >= 0.6 is 0 Å². The summed E-state index contributed by atoms with van der Waals surface area (Å²) in [5.41, 5.74) is 6.78. The first-order chi connectivity index (χ1) is 9.19. The van der Waals surface area contributed by atoms with Gasteiger partial charge in [-0.1, -0.05) is 0 Å². The molecule has 2 rings (SSSR count). The van der Waals surface area contributed by atoms with E-state index in [4.69, 9.17) is 5.73 Å². The van der Waals surface area contributed by atoms with Gasteiger partial charge < -0.3 is 15.2 Å². The van der Waals surface area contributed by atoms with Gasteiger partial charge in [-0.2, -0.15) is 0 Å². The molecule has 2 N–H and O–H groups in total. The first-order valence-electron chi connectivity index (χ1n) is 7.00. The Kier molecular flexibility index (Phi) is 4.99. The predicted molar refractivity (Wildman–Crippen MR) is 75.6 cm³/mol. The van der Waals surface area contributed by atoms with Gasteiger partial charge >= 0.3 is 0 Å². The van der Waals surface area contributed by atoms with Gasteiger partial charge in [0.1, 0.15) is 0 Å². The zero-order valence-corrected chi connectivity index (χ0v) is 11.7. The minimum Gasteiger partial charge on any atom is -0.357 e. The Morgan fingerprint density at radius 3 is 2.84 bits per heavy atom. The fourth-order valence-electron chi connectivity index (χ4n) is 2.57. The second-order valence-electron chi connectivity index (χ2n) is 5.23. The average Bonchev–Trinajstić information content (AvgIpc) is 2.64. The molecule has 0 unspecified atom stereocenters. The van der Waals surface area contributed by atoms with Gasteiger partial charge in [0.25, 0.3) is 0 Å². The smallest absolute Gasteiger partial charge is 0.223 e. The Morgan fingerprint density at radius 1 is 1.32 bits per heavy atom. The van der Waals surface area contributed by atoms with Crippen molar-refractivity contribution in [3.05, 3.63) is 24.0 Å². The van der Waals surface area contributed by atoms with Crippen LogP contribution in [0.2, 0.25) is 0 Å². The number of hydrogen-bond donors (Lipinski definition) is 1. The second kappa shape index (κ2) is 6.73. The number of amides is 1. The lowest BCUT2D eigenvalue weighted by atomic mass is 10.3. The molecule has 1 aliphatic heterocycles. The molecule has 1 aromatic heterocycles. The number of nitrogens with two attached hydrogens (primary N) is 1. The molecule has 0 aromatic carbocycles. The lowest BCUT2D eigenvalue weighted by Crippen LogP contribution is -2.35. The van der Waals surface area contributed by atoms with Crippen LogP contribution in [0.15, 0.2) is 18.5 Å². The van der Waals surface area contributed by atoms with Crippen molar-refractivity contribution in [3.8, 4) is 0 Å². The lowest BCUT2D eigenvalue weighted by molar-refractivity contribution is -0.130. The molecule has 1 saturated heterocycles. The monoisotopic (exact) mass is 264 g/mol. The fraction of sp³-hybridized carbons (Fsp3) is 0.643. The minimum atomic E-state index is 0.198. The highest BCUT2D eigenvalue weighted by Gasteiger charge is 2.18. The first kappa shape index (κ1) is 14.1. The van der Waals surface area contributed by atoms with Crippen LogP contribution in [-0.4, -0.2) is 53.0 Å². The van der Waals surface area contributed by atoms with Crippen molar-refractivity contribution in [3.63, 3.8) is 0 Å². The molecule has 106 valence electrons. The first-order valence-corrected chi connectivity index (χ1v) is 7.00. The normalized spacial score (nSPS) is 17.5. The van der Waals surface area contributed by atoms with Crippen molar-refractivity contribution in [1.82, 2.24) is 14.4 Å². The average molecular weight is 264 g/mol. The number of rotatable bonds is 4. The van der Waals surface area contributed by atoms with Crippen LogP contribution in [0, 0.1) is 0 Å². The van der Waals surface area contributed by atoms with E-state index in [1.807, 2.05) is 11.9 Å². The van der Waals surface area contributed by atoms with Crippen LogP contribution in [0.25, 0.3) is 0 Å². The molecule has 1 aromatic rings. The quantitative estimate of drug-likeness (QED) is 0.857. The SMILES string of the molecule is Cn1ccc(CN2CCCN(C(=O)CCN)CC2)c1. The highest BCUT2D eigenvalue weighted by atomic mass is 16.2. The summed E-state index contributed by atoms with van der Waals surface area (Å²) in [7, 11) is 2.04. The largest absolute Gasteiger partial charge is 0.357 e. The summed E-state index contributed by atoms with van der Waals surface area (Å²) < 4.78 is 2.07. The van der Waals surface area contributed by atoms with E-state index in [1.165, 1.54) is 5.56 Å². The molecule has 0 bridgehead atoms. The van der Waals surface area contributed by atoms with Crippen LogP contribution in [0.5, 0.6) is 0 Å². The Morgan fingerprint density at radius 2 is 2.16 bits per heavy atom. The molecule has 5 nitrogen and oxygen atoms in total. The van der Waals surface area contributed by atoms with Crippen LogP contribution < -0.4 is 5.73 Å². The van der Waals surface area contributed by atoms with Gasteiger partial charge in [0.2, 0.25) is 5.91 Å². The maximum absolute atomic E-state index is 11.8. The summed E-state index contributed by atoms with van der Waals surface area (Å²) in [6, 6.07) is 2.15. The molecule has 0 spiro atoms. The van der Waals surface area contributed by atoms with E-state index in [0.717, 1.165) is 39.1 Å². The maximum Gasteiger partial charge on any atom is 0.223 e. The minimum absolute atomic E-state index is 0.198. The Balaban J connectivity index is 1.84. The van der Waals surface area contributed by atoms with Gasteiger partial charge in [-0.25, -0.2) is 0 Å². The molecule has 0 radical (unpaired) electrons. The number of hydrogen-bond acceptors (Lipinski definition) is 3. The molecular formula is C14H24N4O. The predicted octanol–water partition coefficient (Wildman–Crippen LogP) is 0.408. The molecule has 0 atom stereocenters. The van der Waals surface area contributed by atoms with Crippen molar-refractivity contribution in [1.29, 1.82) is 0 Å². The van der Waals surface area contributed by atoms with Gasteiger partial charge in [0.05, 0.1) is 0 Å². The van der Waals surface area contributed by atoms with E-state index in [2.05, 4.69) is 27.9 Å². The molecule has 1 amide bonds. The Bertz CT molecular complexity index is 415. The summed E-state index contributed by atoms with van der Waals surface area (Å²) in [6.45, 7) is 5.12. The third-order valence-electron chi connectivity index (χ3n) is 3.60. The summed E-state index contributed by atoms with van der Waals surface area (Å²) >= 11 is 0. The maximum atomic E-state index is 11.8. The summed E-state index contributed by atoms with van der Waals surface area (Å²) in [6.07, 6.45) is 5.74. The van der Waals surface area contributed by atoms with Gasteiger partial charge in [-0.05, 0) is 18.1 Å². The number of nitrogens with zero attached hydrogens (tertiary/aromatic N) is 3. The molecule has 19 heavy (non-hydrogen) atoms. The molecule has 1 fully saturated rings. The van der Waals surface area contributed by atoms with Crippen LogP contribution in [-0.2, 0) is 18.4 Å². The van der Waals surface area contributed by atoms with Crippen LogP contribution in [0.3, 0.4) is 0 Å². The van der Waals surface area contributed by atoms with E-state index in [1.54, 1.807) is 0 Å². The van der Waals surface area contributed by atoms with E-state index in [0.29, 0.717) is 13.0 Å². The molecule has 1 aliphatic rings. The van der Waals surface area contributed by atoms with Crippen molar-refractivity contribution < 1.29 is 4.79 Å². The third-order valence-corrected chi connectivity index (χ3v) is 3.60. The number of carbonyl (C=O) groups is 1. The van der Waals surface area contributed by atoms with Gasteiger partial charge in [-0.3, -0.25) is 9.69 Å². The summed E-state index contributed by atoms with van der Waals surface area (Å²) in [5, 5.41) is 0. The van der Waals surface area contributed by atoms with Gasteiger partial charge in [-0.15, -0.1) is 0 Å². The molecule has 5 heteroatoms. The van der Waals surface area contributed by atoms with Crippen LogP contribution in [0.1, 0.15) is 18.4 Å². The Labute approximate surface area is 115 Å². The second-order valence-corrected chi connectivity index (χ2v) is 5.23. The topological polar surface area (TPSA) is 54.5 Å². The van der Waals surface area contributed by atoms with E-state index < -0.39 is 0 Å². The standard InChI is InChI=1S/C14H24N4O/c1-16-8-4-13(11-16)12-17-6-2-7-18(10-9-17)14(19)3-5-15/h4,8,11H,2-3,5-7,9-10,12,15H2,1H3. The van der Waals surface area contributed by atoms with Crippen LogP contribution in [0.4, 0.5) is 0 Å². The van der Waals surface area contributed by atoms with Crippen molar-refractivity contribution in [2.45, 2.75) is 19.4 Å². The van der Waals surface area contributed by atoms with E-state index in [-0.39, 0.29) is 5.91 Å².